The van der Waals surface area contributed by atoms with Crippen LogP contribution < -0.4 is 5.56 Å². The van der Waals surface area contributed by atoms with Gasteiger partial charge >= 0.3 is 6.18 Å². The predicted molar refractivity (Wildman–Crippen MR) is 91.3 cm³/mol. The van der Waals surface area contributed by atoms with Crippen LogP contribution in [0.15, 0.2) is 59.4 Å². The molecule has 0 aliphatic carbocycles. The molecule has 2 aromatic carbocycles. The van der Waals surface area contributed by atoms with Crippen LogP contribution in [0.5, 0.6) is 0 Å². The second kappa shape index (κ2) is 7.27. The van der Waals surface area contributed by atoms with Crippen LogP contribution in [-0.4, -0.2) is 4.57 Å². The first-order valence-electron chi connectivity index (χ1n) is 7.97. The van der Waals surface area contributed by atoms with E-state index in [2.05, 4.69) is 0 Å². The van der Waals surface area contributed by atoms with Gasteiger partial charge in [0.25, 0.3) is 5.56 Å². The third kappa shape index (κ3) is 3.51. The Bertz CT molecular complexity index is 1130. The molecule has 0 fully saturated rings. The first-order valence-corrected chi connectivity index (χ1v) is 7.97. The van der Waals surface area contributed by atoms with Gasteiger partial charge in [0.1, 0.15) is 11.6 Å². The number of aromatic nitrogens is 1. The zero-order valence-electron chi connectivity index (χ0n) is 14.1. The fourth-order valence-corrected chi connectivity index (χ4v) is 2.82. The van der Waals surface area contributed by atoms with Crippen molar-refractivity contribution in [3.05, 3.63) is 93.3 Å². The highest BCUT2D eigenvalue weighted by Crippen LogP contribution is 2.33. The van der Waals surface area contributed by atoms with E-state index < -0.39 is 41.0 Å². The highest BCUT2D eigenvalue weighted by atomic mass is 19.4. The molecule has 3 aromatic rings. The van der Waals surface area contributed by atoms with Crippen LogP contribution in [0.1, 0.15) is 16.7 Å². The van der Waals surface area contributed by atoms with E-state index in [1.54, 1.807) is 18.2 Å². The van der Waals surface area contributed by atoms with E-state index >= 15 is 0 Å². The van der Waals surface area contributed by atoms with Crippen molar-refractivity contribution >= 4 is 0 Å². The Balaban J connectivity index is 2.33. The summed E-state index contributed by atoms with van der Waals surface area (Å²) in [7, 11) is 0. The molecule has 0 radical (unpaired) electrons. The lowest BCUT2D eigenvalue weighted by Gasteiger charge is -2.18. The van der Waals surface area contributed by atoms with E-state index in [-0.39, 0.29) is 16.8 Å². The van der Waals surface area contributed by atoms with Gasteiger partial charge in [0.05, 0.1) is 17.8 Å². The Morgan fingerprint density at radius 1 is 1.00 bits per heavy atom. The highest BCUT2D eigenvalue weighted by Gasteiger charge is 2.36. The van der Waals surface area contributed by atoms with E-state index in [4.69, 9.17) is 5.26 Å². The molecule has 8 heteroatoms. The van der Waals surface area contributed by atoms with E-state index in [1.165, 1.54) is 30.3 Å². The van der Waals surface area contributed by atoms with Crippen LogP contribution in [0.2, 0.25) is 0 Å². The van der Waals surface area contributed by atoms with Gasteiger partial charge in [-0.25, -0.2) is 8.78 Å². The van der Waals surface area contributed by atoms with Crippen molar-refractivity contribution in [1.29, 1.82) is 5.26 Å². The maximum absolute atomic E-state index is 14.1. The third-order valence-corrected chi connectivity index (χ3v) is 4.15. The number of pyridine rings is 1. The van der Waals surface area contributed by atoms with Crippen molar-refractivity contribution in [3.63, 3.8) is 0 Å². The average molecular weight is 390 g/mol. The Hall–Kier alpha value is -3.47. The first-order chi connectivity index (χ1) is 13.2. The summed E-state index contributed by atoms with van der Waals surface area (Å²) in [6, 6.07) is 12.9. The van der Waals surface area contributed by atoms with Crippen molar-refractivity contribution in [2.45, 2.75) is 12.7 Å². The lowest BCUT2D eigenvalue weighted by atomic mass is 10.0. The van der Waals surface area contributed by atoms with Crippen molar-refractivity contribution in [2.75, 3.05) is 0 Å². The molecule has 0 amide bonds. The summed E-state index contributed by atoms with van der Waals surface area (Å²) < 4.78 is 68.5. The molecule has 0 N–H and O–H groups in total. The van der Waals surface area contributed by atoms with Crippen LogP contribution >= 0.6 is 0 Å². The van der Waals surface area contributed by atoms with Gasteiger partial charge in [-0.1, -0.05) is 42.5 Å². The van der Waals surface area contributed by atoms with E-state index in [1.807, 2.05) is 0 Å². The van der Waals surface area contributed by atoms with Gasteiger partial charge in [-0.05, 0) is 17.7 Å². The number of halogens is 5. The summed E-state index contributed by atoms with van der Waals surface area (Å²) in [4.78, 5) is 12.7. The molecule has 1 heterocycles. The fraction of sp³-hybridized carbons (Fsp3) is 0.100. The summed E-state index contributed by atoms with van der Waals surface area (Å²) in [5, 5.41) is 9.12. The maximum Gasteiger partial charge on any atom is 0.417 e. The summed E-state index contributed by atoms with van der Waals surface area (Å²) in [5.41, 5.74) is -3.87. The second-order valence-electron chi connectivity index (χ2n) is 5.90. The van der Waals surface area contributed by atoms with Gasteiger partial charge in [0.2, 0.25) is 0 Å². The zero-order valence-corrected chi connectivity index (χ0v) is 14.1. The van der Waals surface area contributed by atoms with Crippen LogP contribution in [0.3, 0.4) is 0 Å². The number of rotatable bonds is 3. The van der Waals surface area contributed by atoms with Crippen LogP contribution in [0, 0.1) is 23.0 Å². The molecule has 0 aliphatic rings. The lowest BCUT2D eigenvalue weighted by Crippen LogP contribution is -2.29. The molecule has 3 rings (SSSR count). The van der Waals surface area contributed by atoms with Crippen LogP contribution in [0.4, 0.5) is 22.0 Å². The van der Waals surface area contributed by atoms with Gasteiger partial charge < -0.3 is 4.57 Å². The number of nitrogens with zero attached hydrogens (tertiary/aromatic N) is 2. The van der Waals surface area contributed by atoms with Gasteiger partial charge in [-0.3, -0.25) is 4.79 Å². The Kier molecular flexibility index (Phi) is 5.01. The minimum absolute atomic E-state index is 0.166. The number of benzene rings is 2. The number of nitriles is 1. The number of hydrogen-bond donors (Lipinski definition) is 0. The molecule has 142 valence electrons. The SMILES string of the molecule is N#Cc1c(C(F)(F)F)cc(-c2ccccc2)n(Cc2cccc(F)c2F)c1=O. The monoisotopic (exact) mass is 390 g/mol. The van der Waals surface area contributed by atoms with E-state index in [0.717, 1.165) is 10.6 Å². The lowest BCUT2D eigenvalue weighted by molar-refractivity contribution is -0.137. The van der Waals surface area contributed by atoms with Crippen LogP contribution in [0.25, 0.3) is 11.3 Å². The summed E-state index contributed by atoms with van der Waals surface area (Å²) in [6.45, 7) is -0.542. The number of hydrogen-bond acceptors (Lipinski definition) is 2. The Morgan fingerprint density at radius 2 is 1.68 bits per heavy atom. The maximum atomic E-state index is 14.1. The number of alkyl halides is 3. The molecular formula is C20H11F5N2O. The van der Waals surface area contributed by atoms with Crippen molar-refractivity contribution in [3.8, 4) is 17.3 Å². The quantitative estimate of drug-likeness (QED) is 0.607. The Morgan fingerprint density at radius 3 is 2.29 bits per heavy atom. The van der Waals surface area contributed by atoms with Gasteiger partial charge in [-0.2, -0.15) is 18.4 Å². The third-order valence-electron chi connectivity index (χ3n) is 4.15. The van der Waals surface area contributed by atoms with Gasteiger partial charge in [0, 0.05) is 5.56 Å². The fourth-order valence-electron chi connectivity index (χ4n) is 2.82. The molecule has 1 aromatic heterocycles. The molecule has 0 saturated heterocycles. The topological polar surface area (TPSA) is 45.8 Å². The first kappa shape index (κ1) is 19.3. The van der Waals surface area contributed by atoms with Crippen molar-refractivity contribution in [2.24, 2.45) is 0 Å². The van der Waals surface area contributed by atoms with Crippen molar-refractivity contribution in [1.82, 2.24) is 4.57 Å². The normalized spacial score (nSPS) is 11.3. The average Bonchev–Trinajstić information content (AvgIpc) is 2.66. The molecule has 0 spiro atoms. The van der Waals surface area contributed by atoms with E-state index in [0.29, 0.717) is 6.07 Å². The van der Waals surface area contributed by atoms with E-state index in [9.17, 15) is 26.7 Å². The smallest absolute Gasteiger partial charge is 0.303 e. The summed E-state index contributed by atoms with van der Waals surface area (Å²) in [6.07, 6.45) is -4.93. The van der Waals surface area contributed by atoms with Gasteiger partial charge in [0.15, 0.2) is 11.6 Å². The molecule has 28 heavy (non-hydrogen) atoms. The minimum Gasteiger partial charge on any atom is -0.303 e. The Labute approximate surface area is 155 Å². The highest BCUT2D eigenvalue weighted by molar-refractivity contribution is 5.62. The summed E-state index contributed by atoms with van der Waals surface area (Å²) in [5.74, 6) is -2.37. The molecule has 0 saturated carbocycles. The molecule has 0 bridgehead atoms. The zero-order chi connectivity index (χ0) is 20.5. The molecule has 0 unspecified atom stereocenters. The molecular weight excluding hydrogens is 379 g/mol. The molecule has 0 aliphatic heterocycles. The summed E-state index contributed by atoms with van der Waals surface area (Å²) >= 11 is 0. The van der Waals surface area contributed by atoms with Crippen molar-refractivity contribution < 1.29 is 22.0 Å². The second-order valence-corrected chi connectivity index (χ2v) is 5.90. The minimum atomic E-state index is -4.93. The van der Waals surface area contributed by atoms with Gasteiger partial charge in [-0.15, -0.1) is 0 Å². The predicted octanol–water partition coefficient (Wildman–Crippen LogP) is 4.73. The largest absolute Gasteiger partial charge is 0.417 e. The molecule has 0 atom stereocenters. The standard InChI is InChI=1S/C20H11F5N2O/c21-16-8-4-7-13(18(16)22)11-27-17(12-5-2-1-3-6-12)9-15(20(23,24)25)14(10-26)19(27)28/h1-9H,11H2. The molecule has 3 nitrogen and oxygen atoms in total. The van der Waals surface area contributed by atoms with Crippen LogP contribution in [-0.2, 0) is 12.7 Å².